The van der Waals surface area contributed by atoms with Crippen molar-refractivity contribution < 1.29 is 0 Å². The second-order valence-corrected chi connectivity index (χ2v) is 7.58. The van der Waals surface area contributed by atoms with Crippen LogP contribution in [0.5, 0.6) is 0 Å². The Labute approximate surface area is 157 Å². The Morgan fingerprint density at radius 2 is 1.72 bits per heavy atom. The van der Waals surface area contributed by atoms with Crippen LogP contribution >= 0.6 is 23.6 Å². The normalized spacial score (nSPS) is 11.6. The van der Waals surface area contributed by atoms with E-state index in [2.05, 4.69) is 73.8 Å². The Bertz CT molecular complexity index is 1030. The number of hydrogen-bond acceptors (Lipinski definition) is 2. The van der Waals surface area contributed by atoms with E-state index < -0.39 is 0 Å². The zero-order valence-corrected chi connectivity index (χ0v) is 15.8. The molecule has 1 nitrogen and oxygen atoms in total. The fourth-order valence-electron chi connectivity index (χ4n) is 2.85. The molecule has 0 fully saturated rings. The molecule has 0 aliphatic carbocycles. The van der Waals surface area contributed by atoms with Crippen molar-refractivity contribution in [3.8, 4) is 0 Å². The first-order valence-electron chi connectivity index (χ1n) is 8.32. The molecule has 25 heavy (non-hydrogen) atoms. The van der Waals surface area contributed by atoms with E-state index in [1.807, 2.05) is 10.6 Å². The lowest BCUT2D eigenvalue weighted by Crippen LogP contribution is -2.26. The highest BCUT2D eigenvalue weighted by atomic mass is 32.1. The van der Waals surface area contributed by atoms with Gasteiger partial charge in [0, 0.05) is 6.54 Å². The molecule has 0 aliphatic heterocycles. The average molecular weight is 364 g/mol. The molecule has 0 saturated carbocycles. The SMILES string of the molecule is C=CCn1c(=S)s/c(=C\c2ccccc2CCc2ccccc2)c1=C. The van der Waals surface area contributed by atoms with E-state index in [0.29, 0.717) is 6.54 Å². The van der Waals surface area contributed by atoms with Gasteiger partial charge in [0.2, 0.25) is 0 Å². The van der Waals surface area contributed by atoms with Crippen molar-refractivity contribution in [2.24, 2.45) is 0 Å². The standard InChI is InChI=1S/C22H21NS2/c1-3-15-23-17(2)21(25-22(23)24)16-20-12-8-7-11-19(20)14-13-18-9-5-4-6-10-18/h3-12,16H,1-2,13-15H2/b21-16-. The molecule has 0 radical (unpaired) electrons. The second-order valence-electron chi connectivity index (χ2n) is 5.91. The Morgan fingerprint density at radius 3 is 2.48 bits per heavy atom. The molecule has 1 heterocycles. The number of rotatable bonds is 6. The molecule has 3 heteroatoms. The molecular formula is C22H21NS2. The summed E-state index contributed by atoms with van der Waals surface area (Å²) < 4.78 is 4.00. The summed E-state index contributed by atoms with van der Waals surface area (Å²) in [6, 6.07) is 19.2. The van der Waals surface area contributed by atoms with E-state index in [1.54, 1.807) is 11.3 Å². The molecule has 1 aromatic heterocycles. The van der Waals surface area contributed by atoms with Crippen molar-refractivity contribution in [2.75, 3.05) is 0 Å². The molecule has 0 bridgehead atoms. The summed E-state index contributed by atoms with van der Waals surface area (Å²) >= 11 is 7.07. The predicted molar refractivity (Wildman–Crippen MR) is 112 cm³/mol. The molecule has 0 N–H and O–H groups in total. The van der Waals surface area contributed by atoms with Gasteiger partial charge in [-0.05, 0) is 47.8 Å². The molecule has 126 valence electrons. The smallest absolute Gasteiger partial charge is 0.162 e. The minimum absolute atomic E-state index is 0.706. The van der Waals surface area contributed by atoms with Crippen LogP contribution < -0.4 is 9.88 Å². The van der Waals surface area contributed by atoms with E-state index in [1.165, 1.54) is 16.7 Å². The van der Waals surface area contributed by atoms with E-state index in [0.717, 1.165) is 26.7 Å². The largest absolute Gasteiger partial charge is 0.320 e. The highest BCUT2D eigenvalue weighted by Crippen LogP contribution is 2.13. The van der Waals surface area contributed by atoms with Gasteiger partial charge in [-0.15, -0.1) is 17.9 Å². The lowest BCUT2D eigenvalue weighted by molar-refractivity contribution is 0.796. The zero-order chi connectivity index (χ0) is 17.6. The second kappa shape index (κ2) is 8.24. The Morgan fingerprint density at radius 1 is 1.00 bits per heavy atom. The van der Waals surface area contributed by atoms with Gasteiger partial charge in [0.25, 0.3) is 0 Å². The first-order valence-corrected chi connectivity index (χ1v) is 9.54. The molecule has 0 aliphatic rings. The average Bonchev–Trinajstić information content (AvgIpc) is 2.90. The van der Waals surface area contributed by atoms with Gasteiger partial charge in [-0.25, -0.2) is 0 Å². The maximum atomic E-state index is 5.46. The maximum absolute atomic E-state index is 5.46. The quantitative estimate of drug-likeness (QED) is 0.461. The van der Waals surface area contributed by atoms with Crippen molar-refractivity contribution in [2.45, 2.75) is 19.4 Å². The molecule has 2 aromatic carbocycles. The molecule has 3 aromatic rings. The highest BCUT2D eigenvalue weighted by Gasteiger charge is 2.03. The topological polar surface area (TPSA) is 4.93 Å². The van der Waals surface area contributed by atoms with Gasteiger partial charge in [-0.3, -0.25) is 0 Å². The van der Waals surface area contributed by atoms with Gasteiger partial charge in [-0.2, -0.15) is 0 Å². The van der Waals surface area contributed by atoms with Crippen molar-refractivity contribution in [3.63, 3.8) is 0 Å². The molecule has 0 amide bonds. The number of benzene rings is 2. The number of nitrogens with zero attached hydrogens (tertiary/aromatic N) is 1. The third-order valence-electron chi connectivity index (χ3n) is 4.21. The number of aryl methyl sites for hydroxylation is 2. The van der Waals surface area contributed by atoms with Crippen molar-refractivity contribution >= 4 is 36.2 Å². The van der Waals surface area contributed by atoms with Crippen LogP contribution in [0.1, 0.15) is 16.7 Å². The fourth-order valence-corrected chi connectivity index (χ4v) is 4.20. The fraction of sp³-hybridized carbons (Fsp3) is 0.136. The summed E-state index contributed by atoms with van der Waals surface area (Å²) in [7, 11) is 0. The number of thiazole rings is 1. The van der Waals surface area contributed by atoms with Crippen molar-refractivity contribution in [1.82, 2.24) is 4.57 Å². The van der Waals surface area contributed by atoms with Crippen molar-refractivity contribution in [1.29, 1.82) is 0 Å². The monoisotopic (exact) mass is 363 g/mol. The summed E-state index contributed by atoms with van der Waals surface area (Å²) in [5.74, 6) is 0. The Kier molecular flexibility index (Phi) is 5.79. The lowest BCUT2D eigenvalue weighted by Gasteiger charge is -2.06. The summed E-state index contributed by atoms with van der Waals surface area (Å²) in [5, 5.41) is 0.966. The molecule has 3 rings (SSSR count). The first-order chi connectivity index (χ1) is 12.2. The van der Waals surface area contributed by atoms with Crippen LogP contribution in [-0.4, -0.2) is 4.57 Å². The number of allylic oxidation sites excluding steroid dienone is 1. The number of hydrogen-bond donors (Lipinski definition) is 0. The zero-order valence-electron chi connectivity index (χ0n) is 14.2. The summed E-state index contributed by atoms with van der Waals surface area (Å²) in [6.45, 7) is 8.71. The lowest BCUT2D eigenvalue weighted by atomic mass is 10.00. The van der Waals surface area contributed by atoms with Gasteiger partial charge in [0.15, 0.2) is 3.95 Å². The summed E-state index contributed by atoms with van der Waals surface area (Å²) in [6.07, 6.45) is 6.12. The van der Waals surface area contributed by atoms with Crippen LogP contribution in [0, 0.1) is 3.95 Å². The van der Waals surface area contributed by atoms with E-state index in [9.17, 15) is 0 Å². The molecule has 0 atom stereocenters. The highest BCUT2D eigenvalue weighted by molar-refractivity contribution is 7.73. The van der Waals surface area contributed by atoms with Crippen molar-refractivity contribution in [3.05, 3.63) is 97.8 Å². The van der Waals surface area contributed by atoms with Crippen LogP contribution in [0.25, 0.3) is 12.7 Å². The summed E-state index contributed by atoms with van der Waals surface area (Å²) in [4.78, 5) is 0. The van der Waals surface area contributed by atoms with E-state index in [4.69, 9.17) is 12.2 Å². The third kappa shape index (κ3) is 4.25. The van der Waals surface area contributed by atoms with Gasteiger partial charge in [0.05, 0.1) is 9.88 Å². The summed E-state index contributed by atoms with van der Waals surface area (Å²) in [5.41, 5.74) is 3.95. The predicted octanol–water partition coefficient (Wildman–Crippen LogP) is 4.49. The van der Waals surface area contributed by atoms with E-state index in [-0.39, 0.29) is 0 Å². The van der Waals surface area contributed by atoms with Crippen LogP contribution in [-0.2, 0) is 19.4 Å². The van der Waals surface area contributed by atoms with Crippen LogP contribution in [0.2, 0.25) is 0 Å². The molecule has 0 unspecified atom stereocenters. The third-order valence-corrected chi connectivity index (χ3v) is 5.65. The minimum atomic E-state index is 0.706. The Hall–Kier alpha value is -2.23. The first kappa shape index (κ1) is 17.6. The molecule has 0 saturated heterocycles. The van der Waals surface area contributed by atoms with Gasteiger partial charge >= 0.3 is 0 Å². The van der Waals surface area contributed by atoms with Gasteiger partial charge in [-0.1, -0.05) is 67.3 Å². The number of aromatic nitrogens is 1. The van der Waals surface area contributed by atoms with Crippen LogP contribution in [0.4, 0.5) is 0 Å². The molecular weight excluding hydrogens is 342 g/mol. The molecule has 0 spiro atoms. The van der Waals surface area contributed by atoms with Crippen LogP contribution in [0.15, 0.2) is 67.3 Å². The van der Waals surface area contributed by atoms with Gasteiger partial charge < -0.3 is 4.57 Å². The van der Waals surface area contributed by atoms with Crippen LogP contribution in [0.3, 0.4) is 0 Å². The van der Waals surface area contributed by atoms with Gasteiger partial charge in [0.1, 0.15) is 0 Å². The maximum Gasteiger partial charge on any atom is 0.162 e. The Balaban J connectivity index is 1.94. The minimum Gasteiger partial charge on any atom is -0.320 e. The van der Waals surface area contributed by atoms with E-state index >= 15 is 0 Å².